The number of nitrogens with one attached hydrogen (secondary N) is 1. The van der Waals surface area contributed by atoms with Crippen LogP contribution in [-0.2, 0) is 14.4 Å². The first-order chi connectivity index (χ1) is 11.0. The number of aromatic hydroxyl groups is 1. The minimum atomic E-state index is -0.398. The van der Waals surface area contributed by atoms with Crippen molar-refractivity contribution in [3.63, 3.8) is 0 Å². The molecular weight excluding hydrogens is 296 g/mol. The van der Waals surface area contributed by atoms with Crippen LogP contribution < -0.4 is 5.32 Å². The zero-order chi connectivity index (χ0) is 16.1. The molecule has 1 saturated heterocycles. The third-order valence-electron chi connectivity index (χ3n) is 5.47. The summed E-state index contributed by atoms with van der Waals surface area (Å²) in [6.07, 6.45) is 3.04. The number of benzene rings is 1. The Labute approximate surface area is 133 Å². The fourth-order valence-corrected chi connectivity index (χ4v) is 4.52. The minimum Gasteiger partial charge on any atom is -0.508 e. The van der Waals surface area contributed by atoms with Crippen molar-refractivity contribution in [3.8, 4) is 5.75 Å². The summed E-state index contributed by atoms with van der Waals surface area (Å²) in [6.45, 7) is -0.231. The number of amides is 3. The van der Waals surface area contributed by atoms with Gasteiger partial charge in [-0.05, 0) is 55.4 Å². The maximum atomic E-state index is 12.5. The fraction of sp³-hybridized carbons (Fsp3) is 0.471. The number of hydrogen-bond acceptors (Lipinski definition) is 4. The lowest BCUT2D eigenvalue weighted by Crippen LogP contribution is -2.39. The number of likely N-dealkylation sites (tertiary alicyclic amines) is 1. The molecule has 120 valence electrons. The van der Waals surface area contributed by atoms with Gasteiger partial charge in [0.25, 0.3) is 0 Å². The summed E-state index contributed by atoms with van der Waals surface area (Å²) in [5.74, 6) is -0.370. The van der Waals surface area contributed by atoms with Crippen molar-refractivity contribution in [2.24, 2.45) is 23.7 Å². The molecule has 2 N–H and O–H groups in total. The predicted octanol–water partition coefficient (Wildman–Crippen LogP) is 1.36. The number of carbonyl (C=O) groups is 3. The first kappa shape index (κ1) is 14.2. The molecule has 0 unspecified atom stereocenters. The smallest absolute Gasteiger partial charge is 0.244 e. The first-order valence-electron chi connectivity index (χ1n) is 7.98. The topological polar surface area (TPSA) is 86.7 Å². The average molecular weight is 314 g/mol. The molecule has 3 fully saturated rings. The van der Waals surface area contributed by atoms with Gasteiger partial charge in [-0.25, -0.2) is 0 Å². The third-order valence-corrected chi connectivity index (χ3v) is 5.47. The standard InChI is InChI=1S/C17H18N2O4/c20-12-5-3-11(4-6-12)18-13(21)8-19-16(22)14-9-1-2-10(7-9)15(14)17(19)23/h3-6,9-10,14-15,20H,1-2,7-8H2,(H,18,21)/t9-,10-,14+,15+/m0/s1. The van der Waals surface area contributed by atoms with Gasteiger partial charge in [0, 0.05) is 5.69 Å². The Balaban J connectivity index is 1.44. The molecule has 1 aliphatic heterocycles. The summed E-state index contributed by atoms with van der Waals surface area (Å²) in [5, 5.41) is 11.9. The second kappa shape index (κ2) is 5.08. The largest absolute Gasteiger partial charge is 0.508 e. The number of hydrogen-bond donors (Lipinski definition) is 2. The Morgan fingerprint density at radius 2 is 1.65 bits per heavy atom. The fourth-order valence-electron chi connectivity index (χ4n) is 4.52. The summed E-state index contributed by atoms with van der Waals surface area (Å²) in [7, 11) is 0. The normalized spacial score (nSPS) is 31.6. The van der Waals surface area contributed by atoms with E-state index in [-0.39, 0.29) is 35.9 Å². The minimum absolute atomic E-state index is 0.108. The zero-order valence-electron chi connectivity index (χ0n) is 12.6. The van der Waals surface area contributed by atoms with Crippen LogP contribution in [0.1, 0.15) is 19.3 Å². The third kappa shape index (κ3) is 2.20. The van der Waals surface area contributed by atoms with E-state index < -0.39 is 5.91 Å². The van der Waals surface area contributed by atoms with Gasteiger partial charge in [0.15, 0.2) is 0 Å². The second-order valence-corrected chi connectivity index (χ2v) is 6.74. The van der Waals surface area contributed by atoms with Gasteiger partial charge in [0.05, 0.1) is 11.8 Å². The molecule has 2 bridgehead atoms. The molecule has 0 aromatic heterocycles. The summed E-state index contributed by atoms with van der Waals surface area (Å²) in [4.78, 5) is 38.3. The summed E-state index contributed by atoms with van der Waals surface area (Å²) in [5.41, 5.74) is 0.521. The molecule has 3 amide bonds. The van der Waals surface area contributed by atoms with Crippen molar-refractivity contribution >= 4 is 23.4 Å². The second-order valence-electron chi connectivity index (χ2n) is 6.74. The highest BCUT2D eigenvalue weighted by atomic mass is 16.3. The highest BCUT2D eigenvalue weighted by molar-refractivity contribution is 6.09. The van der Waals surface area contributed by atoms with E-state index in [9.17, 15) is 19.5 Å². The van der Waals surface area contributed by atoms with Gasteiger partial charge in [0.2, 0.25) is 17.7 Å². The van der Waals surface area contributed by atoms with Gasteiger partial charge in [-0.2, -0.15) is 0 Å². The number of fused-ring (bicyclic) bond motifs is 5. The van der Waals surface area contributed by atoms with Crippen LogP contribution >= 0.6 is 0 Å². The van der Waals surface area contributed by atoms with E-state index in [0.29, 0.717) is 17.5 Å². The lowest BCUT2D eigenvalue weighted by atomic mass is 9.81. The molecule has 2 aliphatic carbocycles. The van der Waals surface area contributed by atoms with Crippen molar-refractivity contribution in [1.82, 2.24) is 4.90 Å². The first-order valence-corrected chi connectivity index (χ1v) is 7.98. The summed E-state index contributed by atoms with van der Waals surface area (Å²) in [6, 6.07) is 6.05. The number of rotatable bonds is 3. The van der Waals surface area contributed by atoms with Gasteiger partial charge < -0.3 is 10.4 Å². The van der Waals surface area contributed by atoms with Crippen LogP contribution in [0, 0.1) is 23.7 Å². The van der Waals surface area contributed by atoms with Crippen LogP contribution in [-0.4, -0.2) is 34.3 Å². The van der Waals surface area contributed by atoms with Crippen molar-refractivity contribution in [3.05, 3.63) is 24.3 Å². The van der Waals surface area contributed by atoms with E-state index in [2.05, 4.69) is 5.32 Å². The lowest BCUT2D eigenvalue weighted by molar-refractivity contribution is -0.143. The molecule has 6 nitrogen and oxygen atoms in total. The predicted molar refractivity (Wildman–Crippen MR) is 81.3 cm³/mol. The Morgan fingerprint density at radius 1 is 1.09 bits per heavy atom. The number of phenols is 1. The van der Waals surface area contributed by atoms with Gasteiger partial charge >= 0.3 is 0 Å². The maximum Gasteiger partial charge on any atom is 0.244 e. The zero-order valence-corrected chi connectivity index (χ0v) is 12.6. The van der Waals surface area contributed by atoms with Crippen molar-refractivity contribution in [2.75, 3.05) is 11.9 Å². The van der Waals surface area contributed by atoms with Crippen LogP contribution in [0.15, 0.2) is 24.3 Å². The van der Waals surface area contributed by atoms with Crippen LogP contribution in [0.2, 0.25) is 0 Å². The van der Waals surface area contributed by atoms with Gasteiger partial charge in [-0.1, -0.05) is 0 Å². The molecular formula is C17H18N2O4. The number of anilines is 1. The van der Waals surface area contributed by atoms with Crippen LogP contribution in [0.4, 0.5) is 5.69 Å². The van der Waals surface area contributed by atoms with E-state index in [1.807, 2.05) is 0 Å². The highest BCUT2D eigenvalue weighted by Crippen LogP contribution is 2.56. The molecule has 6 heteroatoms. The molecule has 23 heavy (non-hydrogen) atoms. The van der Waals surface area contributed by atoms with Gasteiger partial charge in [-0.3, -0.25) is 19.3 Å². The molecule has 4 rings (SSSR count). The Hall–Kier alpha value is -2.37. The maximum absolute atomic E-state index is 12.5. The number of phenolic OH excluding ortho intramolecular Hbond substituents is 1. The number of carbonyl (C=O) groups excluding carboxylic acids is 3. The number of imide groups is 1. The Bertz CT molecular complexity index is 656. The van der Waals surface area contributed by atoms with Gasteiger partial charge in [0.1, 0.15) is 12.3 Å². The highest BCUT2D eigenvalue weighted by Gasteiger charge is 2.60. The molecule has 3 aliphatic rings. The van der Waals surface area contributed by atoms with Crippen LogP contribution in [0.25, 0.3) is 0 Å². The van der Waals surface area contributed by atoms with E-state index >= 15 is 0 Å². The van der Waals surface area contributed by atoms with Crippen molar-refractivity contribution < 1.29 is 19.5 Å². The van der Waals surface area contributed by atoms with E-state index in [4.69, 9.17) is 0 Å². The molecule has 1 aromatic rings. The number of nitrogens with zero attached hydrogens (tertiary/aromatic N) is 1. The van der Waals surface area contributed by atoms with E-state index in [0.717, 1.165) is 24.2 Å². The molecule has 0 spiro atoms. The summed E-state index contributed by atoms with van der Waals surface area (Å²) < 4.78 is 0. The quantitative estimate of drug-likeness (QED) is 0.651. The monoisotopic (exact) mass is 314 g/mol. The Kier molecular flexibility index (Phi) is 3.14. The molecule has 1 heterocycles. The van der Waals surface area contributed by atoms with Gasteiger partial charge in [-0.15, -0.1) is 0 Å². The Morgan fingerprint density at radius 3 is 2.22 bits per heavy atom. The van der Waals surface area contributed by atoms with Crippen molar-refractivity contribution in [1.29, 1.82) is 0 Å². The van der Waals surface area contributed by atoms with Crippen LogP contribution in [0.5, 0.6) is 5.75 Å². The molecule has 1 aromatic carbocycles. The average Bonchev–Trinajstić information content (AvgIpc) is 3.19. The molecule has 2 saturated carbocycles. The summed E-state index contributed by atoms with van der Waals surface area (Å²) >= 11 is 0. The molecule has 4 atom stereocenters. The van der Waals surface area contributed by atoms with E-state index in [1.165, 1.54) is 12.1 Å². The van der Waals surface area contributed by atoms with E-state index in [1.54, 1.807) is 12.1 Å². The SMILES string of the molecule is O=C(CN1C(=O)[C@@H]2[C@H]3CC[C@@H](C3)[C@H]2C1=O)Nc1ccc(O)cc1. The van der Waals surface area contributed by atoms with Crippen molar-refractivity contribution in [2.45, 2.75) is 19.3 Å². The lowest BCUT2D eigenvalue weighted by Gasteiger charge is -2.19. The molecule has 0 radical (unpaired) electrons. The van der Waals surface area contributed by atoms with Crippen LogP contribution in [0.3, 0.4) is 0 Å².